The first-order valence-electron chi connectivity index (χ1n) is 4.04. The molecule has 0 rings (SSSR count). The van der Waals surface area contributed by atoms with Gasteiger partial charge in [0.05, 0.1) is 0 Å². The van der Waals surface area contributed by atoms with Crippen LogP contribution in [-0.2, 0) is 0 Å². The second-order valence-corrected chi connectivity index (χ2v) is 4.90. The maximum absolute atomic E-state index is 5.83. The third-order valence-corrected chi connectivity index (χ3v) is 2.41. The predicted octanol–water partition coefficient (Wildman–Crippen LogP) is 2.42. The summed E-state index contributed by atoms with van der Waals surface area (Å²) in [7, 11) is 0. The summed E-state index contributed by atoms with van der Waals surface area (Å²) in [5, 5.41) is 0.687. The molecule has 0 aromatic carbocycles. The standard InChI is InChI=1S/C9H19NS/c1-7(2)5-9(10)6-11-8(3)4/h5,8-9H,6,10H2,1-4H3. The molecule has 1 unspecified atom stereocenters. The molecule has 0 radical (unpaired) electrons. The van der Waals surface area contributed by atoms with E-state index < -0.39 is 0 Å². The lowest BCUT2D eigenvalue weighted by atomic mass is 10.2. The molecule has 0 spiro atoms. The highest BCUT2D eigenvalue weighted by Crippen LogP contribution is 2.10. The number of hydrogen-bond acceptors (Lipinski definition) is 2. The molecule has 0 saturated heterocycles. The second kappa shape index (κ2) is 5.67. The lowest BCUT2D eigenvalue weighted by molar-refractivity contribution is 0.921. The van der Waals surface area contributed by atoms with Gasteiger partial charge < -0.3 is 5.73 Å². The Morgan fingerprint density at radius 3 is 2.36 bits per heavy atom. The van der Waals surface area contributed by atoms with Crippen molar-refractivity contribution >= 4 is 11.8 Å². The molecule has 66 valence electrons. The lowest BCUT2D eigenvalue weighted by Crippen LogP contribution is -2.21. The van der Waals surface area contributed by atoms with Gasteiger partial charge in [-0.25, -0.2) is 0 Å². The van der Waals surface area contributed by atoms with Gasteiger partial charge in [-0.3, -0.25) is 0 Å². The van der Waals surface area contributed by atoms with E-state index in [0.717, 1.165) is 5.75 Å². The van der Waals surface area contributed by atoms with Crippen LogP contribution in [0.3, 0.4) is 0 Å². The van der Waals surface area contributed by atoms with Gasteiger partial charge in [0, 0.05) is 11.8 Å². The second-order valence-electron chi connectivity index (χ2n) is 3.29. The number of nitrogens with two attached hydrogens (primary N) is 1. The van der Waals surface area contributed by atoms with Gasteiger partial charge in [0.15, 0.2) is 0 Å². The molecule has 0 heterocycles. The van der Waals surface area contributed by atoms with Crippen molar-refractivity contribution in [2.24, 2.45) is 5.73 Å². The Hall–Kier alpha value is 0.0500. The Morgan fingerprint density at radius 1 is 1.45 bits per heavy atom. The summed E-state index contributed by atoms with van der Waals surface area (Å²) in [5.41, 5.74) is 7.13. The van der Waals surface area contributed by atoms with Crippen LogP contribution in [0.4, 0.5) is 0 Å². The van der Waals surface area contributed by atoms with Crippen LogP contribution in [-0.4, -0.2) is 17.0 Å². The predicted molar refractivity (Wildman–Crippen MR) is 55.0 cm³/mol. The molecule has 0 aromatic rings. The average molecular weight is 173 g/mol. The molecule has 1 nitrogen and oxygen atoms in total. The van der Waals surface area contributed by atoms with Gasteiger partial charge in [0.2, 0.25) is 0 Å². The van der Waals surface area contributed by atoms with Crippen molar-refractivity contribution < 1.29 is 0 Å². The zero-order chi connectivity index (χ0) is 8.85. The maximum Gasteiger partial charge on any atom is 0.0318 e. The normalized spacial score (nSPS) is 13.3. The Morgan fingerprint density at radius 2 is 2.00 bits per heavy atom. The summed E-state index contributed by atoms with van der Waals surface area (Å²) in [6.45, 7) is 8.56. The van der Waals surface area contributed by atoms with E-state index in [0.29, 0.717) is 5.25 Å². The number of allylic oxidation sites excluding steroid dienone is 1. The third-order valence-electron chi connectivity index (χ3n) is 1.17. The van der Waals surface area contributed by atoms with E-state index in [1.807, 2.05) is 11.8 Å². The van der Waals surface area contributed by atoms with Crippen LogP contribution in [0.5, 0.6) is 0 Å². The average Bonchev–Trinajstić information content (AvgIpc) is 1.82. The number of thioether (sulfide) groups is 1. The van der Waals surface area contributed by atoms with E-state index in [1.165, 1.54) is 5.57 Å². The molecule has 0 aliphatic heterocycles. The molecule has 0 aromatic heterocycles. The molecular formula is C9H19NS. The van der Waals surface area contributed by atoms with E-state index >= 15 is 0 Å². The van der Waals surface area contributed by atoms with E-state index in [2.05, 4.69) is 33.8 Å². The topological polar surface area (TPSA) is 26.0 Å². The highest BCUT2D eigenvalue weighted by molar-refractivity contribution is 7.99. The minimum atomic E-state index is 0.229. The third kappa shape index (κ3) is 7.95. The fourth-order valence-corrected chi connectivity index (χ4v) is 1.48. The Labute approximate surface area is 74.4 Å². The van der Waals surface area contributed by atoms with E-state index in [1.54, 1.807) is 0 Å². The molecular weight excluding hydrogens is 154 g/mol. The van der Waals surface area contributed by atoms with Gasteiger partial charge in [-0.05, 0) is 19.1 Å². The van der Waals surface area contributed by atoms with E-state index in [4.69, 9.17) is 5.73 Å². The van der Waals surface area contributed by atoms with Gasteiger partial charge in [-0.15, -0.1) is 0 Å². The summed E-state index contributed by atoms with van der Waals surface area (Å²) < 4.78 is 0. The first kappa shape index (κ1) is 11.1. The van der Waals surface area contributed by atoms with Gasteiger partial charge in [-0.2, -0.15) is 11.8 Å². The molecule has 1 atom stereocenters. The molecule has 0 fully saturated rings. The van der Waals surface area contributed by atoms with E-state index in [-0.39, 0.29) is 6.04 Å². The zero-order valence-corrected chi connectivity index (χ0v) is 8.74. The van der Waals surface area contributed by atoms with Crippen LogP contribution in [0.15, 0.2) is 11.6 Å². The van der Waals surface area contributed by atoms with Crippen LogP contribution in [0, 0.1) is 0 Å². The molecule has 0 saturated carbocycles. The van der Waals surface area contributed by atoms with Crippen molar-refractivity contribution in [2.75, 3.05) is 5.75 Å². The quantitative estimate of drug-likeness (QED) is 0.661. The molecule has 11 heavy (non-hydrogen) atoms. The molecule has 2 heteroatoms. The van der Waals surface area contributed by atoms with Crippen molar-refractivity contribution in [3.8, 4) is 0 Å². The van der Waals surface area contributed by atoms with Crippen LogP contribution in [0.1, 0.15) is 27.7 Å². The van der Waals surface area contributed by atoms with Crippen LogP contribution in [0.25, 0.3) is 0 Å². The number of hydrogen-bond donors (Lipinski definition) is 1. The summed E-state index contributed by atoms with van der Waals surface area (Å²) in [6.07, 6.45) is 2.12. The Kier molecular flexibility index (Phi) is 5.69. The van der Waals surface area contributed by atoms with Crippen LogP contribution < -0.4 is 5.73 Å². The van der Waals surface area contributed by atoms with Crippen molar-refractivity contribution in [2.45, 2.75) is 39.0 Å². The van der Waals surface area contributed by atoms with Crippen molar-refractivity contribution in [3.05, 3.63) is 11.6 Å². The fourth-order valence-electron chi connectivity index (χ4n) is 0.780. The first-order valence-corrected chi connectivity index (χ1v) is 5.09. The zero-order valence-electron chi connectivity index (χ0n) is 7.92. The molecule has 0 aliphatic rings. The summed E-state index contributed by atoms with van der Waals surface area (Å²) in [4.78, 5) is 0. The monoisotopic (exact) mass is 173 g/mol. The highest BCUT2D eigenvalue weighted by atomic mass is 32.2. The van der Waals surface area contributed by atoms with E-state index in [9.17, 15) is 0 Å². The highest BCUT2D eigenvalue weighted by Gasteiger charge is 2.00. The van der Waals surface area contributed by atoms with Crippen LogP contribution >= 0.6 is 11.8 Å². The summed E-state index contributed by atoms with van der Waals surface area (Å²) in [6, 6.07) is 0.229. The minimum Gasteiger partial charge on any atom is -0.324 e. The van der Waals surface area contributed by atoms with Gasteiger partial charge in [0.25, 0.3) is 0 Å². The minimum absolute atomic E-state index is 0.229. The SMILES string of the molecule is CC(C)=CC(N)CSC(C)C. The van der Waals surface area contributed by atoms with Crippen molar-refractivity contribution in [1.29, 1.82) is 0 Å². The van der Waals surface area contributed by atoms with Gasteiger partial charge in [-0.1, -0.05) is 25.5 Å². The maximum atomic E-state index is 5.83. The molecule has 0 amide bonds. The van der Waals surface area contributed by atoms with Crippen LogP contribution in [0.2, 0.25) is 0 Å². The molecule has 0 bridgehead atoms. The van der Waals surface area contributed by atoms with Gasteiger partial charge in [0.1, 0.15) is 0 Å². The first-order chi connectivity index (χ1) is 5.02. The Balaban J connectivity index is 3.53. The molecule has 2 N–H and O–H groups in total. The smallest absolute Gasteiger partial charge is 0.0318 e. The molecule has 0 aliphatic carbocycles. The van der Waals surface area contributed by atoms with Crippen molar-refractivity contribution in [1.82, 2.24) is 0 Å². The fraction of sp³-hybridized carbons (Fsp3) is 0.778. The number of rotatable bonds is 4. The van der Waals surface area contributed by atoms with Gasteiger partial charge >= 0.3 is 0 Å². The Bertz CT molecular complexity index is 126. The summed E-state index contributed by atoms with van der Waals surface area (Å²) in [5.74, 6) is 1.03. The lowest BCUT2D eigenvalue weighted by Gasteiger charge is -2.08. The van der Waals surface area contributed by atoms with Crippen molar-refractivity contribution in [3.63, 3.8) is 0 Å². The largest absolute Gasteiger partial charge is 0.324 e. The summed E-state index contributed by atoms with van der Waals surface area (Å²) >= 11 is 1.91.